The number of fused-ring (bicyclic) bond motifs is 14. The van der Waals surface area contributed by atoms with E-state index in [9.17, 15) is 0 Å². The Morgan fingerprint density at radius 2 is 0.887 bits per heavy atom. The molecule has 3 heteroatoms. The van der Waals surface area contributed by atoms with Crippen LogP contribution in [0, 0.1) is 0 Å². The number of nitrogens with zero attached hydrogens (tertiary/aromatic N) is 2. The second-order valence-electron chi connectivity index (χ2n) is 16.4. The van der Waals surface area contributed by atoms with Crippen molar-refractivity contribution in [1.29, 1.82) is 0 Å². The van der Waals surface area contributed by atoms with E-state index in [0.29, 0.717) is 0 Å². The van der Waals surface area contributed by atoms with Gasteiger partial charge in [-0.15, -0.1) is 0 Å². The van der Waals surface area contributed by atoms with Gasteiger partial charge in [-0.3, -0.25) is 0 Å². The van der Waals surface area contributed by atoms with Crippen LogP contribution >= 0.6 is 0 Å². The fourth-order valence-corrected chi connectivity index (χ4v) is 10.8. The van der Waals surface area contributed by atoms with E-state index in [4.69, 9.17) is 4.42 Å². The predicted molar refractivity (Wildman–Crippen MR) is 257 cm³/mol. The van der Waals surface area contributed by atoms with E-state index < -0.39 is 5.41 Å². The molecule has 0 amide bonds. The maximum absolute atomic E-state index is 6.56. The van der Waals surface area contributed by atoms with E-state index in [-0.39, 0.29) is 0 Å². The zero-order valence-corrected chi connectivity index (χ0v) is 33.7. The van der Waals surface area contributed by atoms with Crippen molar-refractivity contribution < 1.29 is 4.42 Å². The molecule has 0 aliphatic heterocycles. The normalized spacial score (nSPS) is 14.5. The van der Waals surface area contributed by atoms with Gasteiger partial charge in [0, 0.05) is 39.1 Å². The first-order chi connectivity index (χ1) is 30.8. The molecule has 1 heterocycles. The molecule has 1 aromatic heterocycles. The maximum Gasteiger partial charge on any atom is 0.137 e. The third-order valence-electron chi connectivity index (χ3n) is 13.2. The minimum atomic E-state index is -0.573. The van der Waals surface area contributed by atoms with Crippen LogP contribution in [0.25, 0.3) is 55.0 Å². The van der Waals surface area contributed by atoms with Crippen molar-refractivity contribution >= 4 is 66.8 Å². The largest absolute Gasteiger partial charge is 0.456 e. The zero-order chi connectivity index (χ0) is 40.8. The number of anilines is 6. The van der Waals surface area contributed by atoms with Crippen molar-refractivity contribution in [1.82, 2.24) is 0 Å². The third kappa shape index (κ3) is 4.82. The molecule has 1 spiro atoms. The number of hydrogen-bond acceptors (Lipinski definition) is 3. The van der Waals surface area contributed by atoms with Gasteiger partial charge >= 0.3 is 0 Å². The van der Waals surface area contributed by atoms with Gasteiger partial charge in [0.15, 0.2) is 0 Å². The van der Waals surface area contributed by atoms with Crippen LogP contribution in [0.1, 0.15) is 22.3 Å². The summed E-state index contributed by atoms with van der Waals surface area (Å²) in [6.45, 7) is 0. The van der Waals surface area contributed by atoms with Crippen molar-refractivity contribution in [3.8, 4) is 22.3 Å². The lowest BCUT2D eigenvalue weighted by Gasteiger charge is -2.33. The lowest BCUT2D eigenvalue weighted by molar-refractivity contribution is 0.669. The van der Waals surface area contributed by atoms with Gasteiger partial charge in [-0.05, 0) is 117 Å². The van der Waals surface area contributed by atoms with Crippen LogP contribution in [0.15, 0.2) is 235 Å². The highest BCUT2D eigenvalue weighted by Gasteiger charge is 2.53. The molecule has 2 aliphatic carbocycles. The van der Waals surface area contributed by atoms with Crippen LogP contribution in [0.5, 0.6) is 0 Å². The Bertz CT molecular complexity index is 3500. The molecule has 0 bridgehead atoms. The van der Waals surface area contributed by atoms with Gasteiger partial charge in [0.05, 0.1) is 22.2 Å². The average Bonchev–Trinajstić information content (AvgIpc) is 3.97. The summed E-state index contributed by atoms with van der Waals surface area (Å²) < 4.78 is 6.56. The molecular weight excluding hydrogens is 753 g/mol. The van der Waals surface area contributed by atoms with Gasteiger partial charge in [0.2, 0.25) is 0 Å². The van der Waals surface area contributed by atoms with Gasteiger partial charge in [-0.25, -0.2) is 0 Å². The van der Waals surface area contributed by atoms with Gasteiger partial charge in [-0.2, -0.15) is 0 Å². The molecule has 0 saturated heterocycles. The molecule has 11 aromatic rings. The Balaban J connectivity index is 1.14. The van der Waals surface area contributed by atoms with E-state index in [2.05, 4.69) is 240 Å². The Morgan fingerprint density at radius 3 is 1.61 bits per heavy atom. The standard InChI is InChI=1S/C59H38N2O/c1-4-20-40(21-5-1)60(41-22-6-2-7-23-41)43-35-36-51-48(38-43)45-27-12-15-30-49(45)59(51)50-31-16-13-28-46(50)56-52(59)37-39-19-10-11-26-44(39)58(56)61(42-24-8-3-9-25-42)53-32-18-34-55-57(53)47-29-14-17-33-54(47)62-55/h1-38H. The summed E-state index contributed by atoms with van der Waals surface area (Å²) in [6.07, 6.45) is 0. The summed E-state index contributed by atoms with van der Waals surface area (Å²) in [7, 11) is 0. The first-order valence-corrected chi connectivity index (χ1v) is 21.4. The van der Waals surface area contributed by atoms with E-state index >= 15 is 0 Å². The highest BCUT2D eigenvalue weighted by molar-refractivity contribution is 6.17. The number of benzene rings is 10. The summed E-state index contributed by atoms with van der Waals surface area (Å²) >= 11 is 0. The third-order valence-corrected chi connectivity index (χ3v) is 13.2. The first kappa shape index (κ1) is 34.7. The van der Waals surface area contributed by atoms with Crippen molar-refractivity contribution in [3.63, 3.8) is 0 Å². The lowest BCUT2D eigenvalue weighted by Crippen LogP contribution is -2.26. The molecule has 0 fully saturated rings. The summed E-state index contributed by atoms with van der Waals surface area (Å²) in [5, 5.41) is 4.58. The molecule has 3 nitrogen and oxygen atoms in total. The van der Waals surface area contributed by atoms with Crippen LogP contribution in [0.2, 0.25) is 0 Å². The zero-order valence-electron chi connectivity index (χ0n) is 33.7. The van der Waals surface area contributed by atoms with Crippen molar-refractivity contribution in [2.75, 3.05) is 9.80 Å². The van der Waals surface area contributed by atoms with Crippen LogP contribution < -0.4 is 9.80 Å². The lowest BCUT2D eigenvalue weighted by atomic mass is 9.70. The summed E-state index contributed by atoms with van der Waals surface area (Å²) in [4.78, 5) is 4.87. The van der Waals surface area contributed by atoms with E-state index in [1.807, 2.05) is 0 Å². The Hall–Kier alpha value is -8.14. The monoisotopic (exact) mass is 790 g/mol. The highest BCUT2D eigenvalue weighted by Crippen LogP contribution is 2.66. The Kier molecular flexibility index (Phi) is 7.52. The highest BCUT2D eigenvalue weighted by atomic mass is 16.3. The molecule has 0 N–H and O–H groups in total. The molecule has 0 saturated carbocycles. The molecule has 290 valence electrons. The Morgan fingerprint density at radius 1 is 0.339 bits per heavy atom. The number of rotatable bonds is 6. The number of para-hydroxylation sites is 4. The van der Waals surface area contributed by atoms with Crippen LogP contribution in [0.3, 0.4) is 0 Å². The van der Waals surface area contributed by atoms with Gasteiger partial charge in [-0.1, -0.05) is 158 Å². The predicted octanol–water partition coefficient (Wildman–Crippen LogP) is 16.0. The second-order valence-corrected chi connectivity index (χ2v) is 16.4. The van der Waals surface area contributed by atoms with E-state index in [0.717, 1.165) is 56.1 Å². The first-order valence-electron chi connectivity index (χ1n) is 21.4. The minimum absolute atomic E-state index is 0.573. The fraction of sp³-hybridized carbons (Fsp3) is 0.0169. The molecule has 13 rings (SSSR count). The maximum atomic E-state index is 6.56. The molecule has 2 aliphatic rings. The smallest absolute Gasteiger partial charge is 0.137 e. The average molecular weight is 791 g/mol. The SMILES string of the molecule is c1ccc(N(c2ccccc2)c2ccc3c(c2)-c2ccccc2C32c3ccccc3-c3c2cc2ccccc2c3N(c2ccccc2)c2cccc3oc4ccccc4c23)cc1. The topological polar surface area (TPSA) is 19.6 Å². The summed E-state index contributed by atoms with van der Waals surface area (Å²) in [5.74, 6) is 0. The quantitative estimate of drug-likeness (QED) is 0.167. The van der Waals surface area contributed by atoms with Gasteiger partial charge in [0.25, 0.3) is 0 Å². The fourth-order valence-electron chi connectivity index (χ4n) is 10.8. The second kappa shape index (κ2) is 13.4. The van der Waals surface area contributed by atoms with E-state index in [1.54, 1.807) is 0 Å². The number of hydrogen-bond donors (Lipinski definition) is 0. The molecule has 62 heavy (non-hydrogen) atoms. The molecule has 10 aromatic carbocycles. The molecule has 1 atom stereocenters. The van der Waals surface area contributed by atoms with Crippen molar-refractivity contribution in [2.24, 2.45) is 0 Å². The molecule has 0 radical (unpaired) electrons. The summed E-state index contributed by atoms with van der Waals surface area (Å²) in [5.41, 5.74) is 18.1. The minimum Gasteiger partial charge on any atom is -0.456 e. The van der Waals surface area contributed by atoms with Crippen molar-refractivity contribution in [2.45, 2.75) is 5.41 Å². The molecular formula is C59H38N2O. The Labute approximate surface area is 360 Å². The van der Waals surface area contributed by atoms with Crippen molar-refractivity contribution in [3.05, 3.63) is 253 Å². The number of furan rings is 1. The van der Waals surface area contributed by atoms with Gasteiger partial charge < -0.3 is 14.2 Å². The summed E-state index contributed by atoms with van der Waals surface area (Å²) in [6, 6.07) is 84.0. The van der Waals surface area contributed by atoms with Gasteiger partial charge in [0.1, 0.15) is 11.2 Å². The van der Waals surface area contributed by atoms with Crippen LogP contribution in [-0.4, -0.2) is 0 Å². The molecule has 1 unspecified atom stereocenters. The van der Waals surface area contributed by atoms with Crippen LogP contribution in [-0.2, 0) is 5.41 Å². The van der Waals surface area contributed by atoms with E-state index in [1.165, 1.54) is 55.3 Å². The van der Waals surface area contributed by atoms with Crippen LogP contribution in [0.4, 0.5) is 34.1 Å².